The number of carbonyl (C=O) groups excluding carboxylic acids is 1. The van der Waals surface area contributed by atoms with Crippen molar-refractivity contribution < 1.29 is 9.90 Å². The molecule has 0 bridgehead atoms. The summed E-state index contributed by atoms with van der Waals surface area (Å²) in [6.45, 7) is 4.11. The third kappa shape index (κ3) is 4.64. The Labute approximate surface area is 141 Å². The largest absolute Gasteiger partial charge is 0.389 e. The standard InChI is InChI=1S/C18H25N3O3/c1-3-9-18(24,10-4-2)11-16(22)19-12-15-20-14-8-6-5-7-13(14)17(23)21-15/h5-8,24H,3-4,9-12H2,1-2H3,(H,19,22)(H,20,21,23). The molecule has 0 radical (unpaired) electrons. The van der Waals surface area contributed by atoms with Crippen LogP contribution in [0.1, 0.15) is 51.8 Å². The van der Waals surface area contributed by atoms with E-state index in [-0.39, 0.29) is 24.4 Å². The second kappa shape index (κ2) is 8.06. The van der Waals surface area contributed by atoms with Crippen LogP contribution in [0.4, 0.5) is 0 Å². The van der Waals surface area contributed by atoms with Crippen molar-refractivity contribution in [2.24, 2.45) is 0 Å². The van der Waals surface area contributed by atoms with Crippen molar-refractivity contribution in [3.8, 4) is 0 Å². The number of hydrogen-bond acceptors (Lipinski definition) is 4. The quantitative estimate of drug-likeness (QED) is 0.691. The average molecular weight is 331 g/mol. The number of carbonyl (C=O) groups is 1. The number of aliphatic hydroxyl groups is 1. The number of H-pyrrole nitrogens is 1. The molecular weight excluding hydrogens is 306 g/mol. The molecule has 1 amide bonds. The number of hydrogen-bond donors (Lipinski definition) is 3. The predicted octanol–water partition coefficient (Wildman–Crippen LogP) is 2.26. The lowest BCUT2D eigenvalue weighted by molar-refractivity contribution is -0.127. The molecule has 1 heterocycles. The van der Waals surface area contributed by atoms with E-state index in [1.165, 1.54) is 0 Å². The maximum absolute atomic E-state index is 12.1. The molecule has 24 heavy (non-hydrogen) atoms. The molecule has 0 unspecified atom stereocenters. The smallest absolute Gasteiger partial charge is 0.258 e. The van der Waals surface area contributed by atoms with Crippen LogP contribution in [0, 0.1) is 0 Å². The first-order chi connectivity index (χ1) is 11.5. The Morgan fingerprint density at radius 2 is 1.92 bits per heavy atom. The van der Waals surface area contributed by atoms with Crippen molar-refractivity contribution in [1.29, 1.82) is 0 Å². The highest BCUT2D eigenvalue weighted by Gasteiger charge is 2.28. The van der Waals surface area contributed by atoms with Gasteiger partial charge in [-0.2, -0.15) is 0 Å². The maximum Gasteiger partial charge on any atom is 0.258 e. The van der Waals surface area contributed by atoms with Crippen LogP contribution in [0.5, 0.6) is 0 Å². The predicted molar refractivity (Wildman–Crippen MR) is 93.6 cm³/mol. The third-order valence-corrected chi connectivity index (χ3v) is 4.04. The summed E-state index contributed by atoms with van der Waals surface area (Å²) in [6.07, 6.45) is 2.90. The summed E-state index contributed by atoms with van der Waals surface area (Å²) < 4.78 is 0. The molecule has 130 valence electrons. The number of nitrogens with zero attached hydrogens (tertiary/aromatic N) is 1. The number of para-hydroxylation sites is 1. The van der Waals surface area contributed by atoms with Crippen molar-refractivity contribution >= 4 is 16.8 Å². The number of benzene rings is 1. The van der Waals surface area contributed by atoms with Crippen LogP contribution in [0.3, 0.4) is 0 Å². The summed E-state index contributed by atoms with van der Waals surface area (Å²) in [7, 11) is 0. The highest BCUT2D eigenvalue weighted by Crippen LogP contribution is 2.23. The van der Waals surface area contributed by atoms with Gasteiger partial charge >= 0.3 is 0 Å². The van der Waals surface area contributed by atoms with Crippen molar-refractivity contribution in [2.45, 2.75) is 58.1 Å². The zero-order chi connectivity index (χ0) is 17.6. The van der Waals surface area contributed by atoms with Crippen LogP contribution in [-0.4, -0.2) is 26.6 Å². The van der Waals surface area contributed by atoms with Crippen molar-refractivity contribution in [1.82, 2.24) is 15.3 Å². The molecule has 3 N–H and O–H groups in total. The van der Waals surface area contributed by atoms with Gasteiger partial charge in [0.15, 0.2) is 0 Å². The second-order valence-electron chi connectivity index (χ2n) is 6.21. The molecule has 0 aliphatic rings. The lowest BCUT2D eigenvalue weighted by Gasteiger charge is -2.26. The molecule has 0 spiro atoms. The lowest BCUT2D eigenvalue weighted by Crippen LogP contribution is -2.37. The Morgan fingerprint density at radius 1 is 1.25 bits per heavy atom. The van der Waals surface area contributed by atoms with Gasteiger partial charge in [0.1, 0.15) is 5.82 Å². The van der Waals surface area contributed by atoms with Crippen LogP contribution in [-0.2, 0) is 11.3 Å². The molecule has 2 aromatic rings. The SMILES string of the molecule is CCCC(O)(CCC)CC(=O)NCc1nc2ccccc2c(=O)[nH]1. The first-order valence-corrected chi connectivity index (χ1v) is 8.44. The molecule has 6 heteroatoms. The topological polar surface area (TPSA) is 95.1 Å². The first kappa shape index (κ1) is 18.1. The molecule has 0 aliphatic heterocycles. The van der Waals surface area contributed by atoms with Crippen molar-refractivity contribution in [2.75, 3.05) is 0 Å². The summed E-state index contributed by atoms with van der Waals surface area (Å²) in [4.78, 5) is 31.2. The Hall–Kier alpha value is -2.21. The highest BCUT2D eigenvalue weighted by molar-refractivity contribution is 5.78. The minimum Gasteiger partial charge on any atom is -0.389 e. The molecule has 0 fully saturated rings. The van der Waals surface area contributed by atoms with Gasteiger partial charge in [-0.1, -0.05) is 38.8 Å². The molecule has 0 saturated carbocycles. The van der Waals surface area contributed by atoms with E-state index in [1.54, 1.807) is 18.2 Å². The molecular formula is C18H25N3O3. The summed E-state index contributed by atoms with van der Waals surface area (Å²) in [5.74, 6) is 0.164. The molecule has 1 aromatic heterocycles. The second-order valence-corrected chi connectivity index (χ2v) is 6.21. The van der Waals surface area contributed by atoms with Crippen LogP contribution in [0.15, 0.2) is 29.1 Å². The summed E-state index contributed by atoms with van der Waals surface area (Å²) in [5.41, 5.74) is -0.588. The number of aromatic amines is 1. The van der Waals surface area contributed by atoms with Crippen molar-refractivity contribution in [3.05, 3.63) is 40.4 Å². The van der Waals surface area contributed by atoms with Gasteiger partial charge in [0.2, 0.25) is 5.91 Å². The molecule has 2 rings (SSSR count). The van der Waals surface area contributed by atoms with Gasteiger partial charge in [0.05, 0.1) is 29.5 Å². The molecule has 0 aliphatic carbocycles. The number of amides is 1. The number of fused-ring (bicyclic) bond motifs is 1. The monoisotopic (exact) mass is 331 g/mol. The summed E-state index contributed by atoms with van der Waals surface area (Å²) in [6, 6.07) is 7.06. The Kier molecular flexibility index (Phi) is 6.09. The van der Waals surface area contributed by atoms with E-state index in [2.05, 4.69) is 15.3 Å². The van der Waals surface area contributed by atoms with Crippen LogP contribution in [0.25, 0.3) is 10.9 Å². The number of rotatable bonds is 8. The highest BCUT2D eigenvalue weighted by atomic mass is 16.3. The Balaban J connectivity index is 2.02. The van der Waals surface area contributed by atoms with Gasteiger partial charge in [-0.15, -0.1) is 0 Å². The molecule has 0 saturated heterocycles. The van der Waals surface area contributed by atoms with Gasteiger partial charge in [0, 0.05) is 0 Å². The van der Waals surface area contributed by atoms with E-state index in [1.807, 2.05) is 19.9 Å². The number of aromatic nitrogens is 2. The fourth-order valence-electron chi connectivity index (χ4n) is 2.99. The van der Waals surface area contributed by atoms with Crippen LogP contribution < -0.4 is 10.9 Å². The minimum atomic E-state index is -0.961. The van der Waals surface area contributed by atoms with Crippen LogP contribution >= 0.6 is 0 Å². The summed E-state index contributed by atoms with van der Waals surface area (Å²) in [5, 5.41) is 13.8. The van der Waals surface area contributed by atoms with Gasteiger partial charge < -0.3 is 15.4 Å². The molecule has 1 aromatic carbocycles. The maximum atomic E-state index is 12.1. The lowest BCUT2D eigenvalue weighted by atomic mass is 9.89. The average Bonchev–Trinajstić information content (AvgIpc) is 2.53. The fraction of sp³-hybridized carbons (Fsp3) is 0.500. The van der Waals surface area contributed by atoms with E-state index in [9.17, 15) is 14.7 Å². The normalized spacial score (nSPS) is 11.6. The van der Waals surface area contributed by atoms with Crippen LogP contribution in [0.2, 0.25) is 0 Å². The van der Waals surface area contributed by atoms with Gasteiger partial charge in [-0.05, 0) is 25.0 Å². The van der Waals surface area contributed by atoms with E-state index < -0.39 is 5.60 Å². The van der Waals surface area contributed by atoms with E-state index >= 15 is 0 Å². The van der Waals surface area contributed by atoms with Gasteiger partial charge in [0.25, 0.3) is 5.56 Å². The Bertz CT molecular complexity index is 749. The molecule has 6 nitrogen and oxygen atoms in total. The van der Waals surface area contributed by atoms with Gasteiger partial charge in [-0.25, -0.2) is 4.98 Å². The minimum absolute atomic E-state index is 0.0620. The first-order valence-electron chi connectivity index (χ1n) is 8.44. The zero-order valence-electron chi connectivity index (χ0n) is 14.3. The molecule has 0 atom stereocenters. The van der Waals surface area contributed by atoms with E-state index in [0.717, 1.165) is 12.8 Å². The summed E-state index contributed by atoms with van der Waals surface area (Å²) >= 11 is 0. The van der Waals surface area contributed by atoms with Crippen molar-refractivity contribution in [3.63, 3.8) is 0 Å². The fourth-order valence-corrected chi connectivity index (χ4v) is 2.99. The third-order valence-electron chi connectivity index (χ3n) is 4.04. The van der Waals surface area contributed by atoms with E-state index in [4.69, 9.17) is 0 Å². The Morgan fingerprint density at radius 3 is 2.58 bits per heavy atom. The number of nitrogens with one attached hydrogen (secondary N) is 2. The van der Waals surface area contributed by atoms with E-state index in [0.29, 0.717) is 29.6 Å². The van der Waals surface area contributed by atoms with Gasteiger partial charge in [-0.3, -0.25) is 9.59 Å². The zero-order valence-corrected chi connectivity index (χ0v) is 14.3.